The minimum atomic E-state index is -1.83. The summed E-state index contributed by atoms with van der Waals surface area (Å²) in [4.78, 5) is 28.9. The maximum Gasteiger partial charge on any atom is 0.410 e. The van der Waals surface area contributed by atoms with Crippen LogP contribution < -0.4 is 10.6 Å². The first-order chi connectivity index (χ1) is 21.2. The smallest absolute Gasteiger partial charge is 0.410 e. The van der Waals surface area contributed by atoms with Crippen LogP contribution in [0, 0.1) is 11.3 Å². The van der Waals surface area contributed by atoms with Gasteiger partial charge < -0.3 is 24.7 Å². The van der Waals surface area contributed by atoms with Crippen molar-refractivity contribution in [3.8, 4) is 6.07 Å². The molecule has 1 aromatic carbocycles. The van der Waals surface area contributed by atoms with Crippen molar-refractivity contribution < 1.29 is 14.0 Å². The third kappa shape index (κ3) is 6.40. The molecule has 1 atom stereocenters. The number of nitrogens with one attached hydrogen (secondary N) is 2. The molecule has 2 aromatic heterocycles. The zero-order chi connectivity index (χ0) is 32.2. The lowest BCUT2D eigenvalue weighted by molar-refractivity contribution is 0.0196. The summed E-state index contributed by atoms with van der Waals surface area (Å²) in [5.74, 6) is 1.34. The fraction of sp³-hybridized carbons (Fsp3) is 0.500. The van der Waals surface area contributed by atoms with E-state index < -0.39 is 19.5 Å². The molecule has 1 spiro atoms. The van der Waals surface area contributed by atoms with E-state index in [1.807, 2.05) is 37.8 Å². The fourth-order valence-electron chi connectivity index (χ4n) is 6.65. The molecule has 6 rings (SSSR count). The SMILES string of the molecule is CCC1(O[Si](C)(C)C)CCc2ccc(Nc3nc(Nc4ccc5c(c4)CN(C(=O)OC(C)(C)C)CC54CC4)ncc3C#N)nc21. The summed E-state index contributed by atoms with van der Waals surface area (Å²) in [5.41, 5.74) is 4.75. The standard InChI is InChI=1S/C34H43N7O3Si/c1-8-34(44-45(5,6)7)14-13-22-9-12-27(38-28(22)34)39-29-24(18-35)19-36-30(40-29)37-25-10-11-26-23(17-25)20-41(21-33(26)15-16-33)31(42)43-32(2,3)4/h9-12,17,19H,8,13-16,20-21H2,1-7H3,(H2,36,37,38,39,40). The molecule has 2 N–H and O–H groups in total. The van der Waals surface area contributed by atoms with Crippen LogP contribution in [0.3, 0.4) is 0 Å². The Morgan fingerprint density at radius 2 is 1.87 bits per heavy atom. The first-order valence-corrected chi connectivity index (χ1v) is 19.3. The Kier molecular flexibility index (Phi) is 7.65. The molecular formula is C34H43N7O3Si. The number of aryl methyl sites for hydroxylation is 1. The Hall–Kier alpha value is -4.01. The molecule has 1 saturated carbocycles. The molecule has 0 radical (unpaired) electrons. The van der Waals surface area contributed by atoms with Gasteiger partial charge in [-0.2, -0.15) is 10.2 Å². The number of carbonyl (C=O) groups is 1. The third-order valence-corrected chi connectivity index (χ3v) is 9.73. The van der Waals surface area contributed by atoms with Gasteiger partial charge in [-0.1, -0.05) is 19.1 Å². The molecule has 0 saturated heterocycles. The van der Waals surface area contributed by atoms with E-state index in [0.717, 1.165) is 49.0 Å². The Labute approximate surface area is 266 Å². The molecule has 2 aliphatic carbocycles. The van der Waals surface area contributed by atoms with E-state index in [2.05, 4.69) is 71.4 Å². The first-order valence-electron chi connectivity index (χ1n) is 15.8. The summed E-state index contributed by atoms with van der Waals surface area (Å²) in [6.45, 7) is 15.6. The number of nitriles is 1. The van der Waals surface area contributed by atoms with Crippen LogP contribution in [0.4, 0.5) is 28.1 Å². The number of hydrogen-bond donors (Lipinski definition) is 2. The Morgan fingerprint density at radius 3 is 2.53 bits per heavy atom. The highest BCUT2D eigenvalue weighted by molar-refractivity contribution is 6.69. The van der Waals surface area contributed by atoms with Crippen LogP contribution in [0.5, 0.6) is 0 Å². The minimum absolute atomic E-state index is 0.00336. The molecule has 236 valence electrons. The van der Waals surface area contributed by atoms with E-state index >= 15 is 0 Å². The number of nitrogens with zero attached hydrogens (tertiary/aromatic N) is 5. The summed E-state index contributed by atoms with van der Waals surface area (Å²) in [6.07, 6.45) is 6.04. The summed E-state index contributed by atoms with van der Waals surface area (Å²) < 4.78 is 12.4. The van der Waals surface area contributed by atoms with E-state index in [-0.39, 0.29) is 11.5 Å². The predicted molar refractivity (Wildman–Crippen MR) is 176 cm³/mol. The number of aromatic nitrogens is 3. The molecule has 45 heavy (non-hydrogen) atoms. The van der Waals surface area contributed by atoms with Crippen molar-refractivity contribution >= 4 is 37.7 Å². The summed E-state index contributed by atoms with van der Waals surface area (Å²) >= 11 is 0. The van der Waals surface area contributed by atoms with Gasteiger partial charge >= 0.3 is 6.09 Å². The highest BCUT2D eigenvalue weighted by Crippen LogP contribution is 2.53. The number of carbonyl (C=O) groups excluding carboxylic acids is 1. The Bertz CT molecular complexity index is 1690. The number of anilines is 4. The number of ether oxygens (including phenoxy) is 1. The second kappa shape index (κ2) is 11.1. The molecule has 1 fully saturated rings. The number of fused-ring (bicyclic) bond motifs is 3. The monoisotopic (exact) mass is 625 g/mol. The largest absolute Gasteiger partial charge is 0.444 e. The van der Waals surface area contributed by atoms with Crippen LogP contribution in [-0.2, 0) is 33.1 Å². The third-order valence-electron chi connectivity index (χ3n) is 8.73. The molecule has 10 nitrogen and oxygen atoms in total. The number of amides is 1. The molecule has 0 bridgehead atoms. The zero-order valence-electron chi connectivity index (χ0n) is 27.4. The van der Waals surface area contributed by atoms with Gasteiger partial charge in [-0.05, 0) is 107 Å². The van der Waals surface area contributed by atoms with Crippen molar-refractivity contribution in [3.05, 3.63) is 64.5 Å². The lowest BCUT2D eigenvalue weighted by Crippen LogP contribution is -2.44. The average Bonchev–Trinajstić information content (AvgIpc) is 3.64. The number of benzene rings is 1. The van der Waals surface area contributed by atoms with E-state index in [4.69, 9.17) is 14.1 Å². The van der Waals surface area contributed by atoms with Crippen LogP contribution in [0.15, 0.2) is 36.5 Å². The molecule has 11 heteroatoms. The highest BCUT2D eigenvalue weighted by atomic mass is 28.4. The van der Waals surface area contributed by atoms with Crippen molar-refractivity contribution in [2.24, 2.45) is 0 Å². The van der Waals surface area contributed by atoms with E-state index in [1.54, 1.807) is 0 Å². The lowest BCUT2D eigenvalue weighted by atomic mass is 9.87. The quantitative estimate of drug-likeness (QED) is 0.258. The summed E-state index contributed by atoms with van der Waals surface area (Å²) in [6, 6.07) is 12.5. The molecule has 1 unspecified atom stereocenters. The van der Waals surface area contributed by atoms with Gasteiger partial charge in [-0.15, -0.1) is 0 Å². The van der Waals surface area contributed by atoms with Crippen LogP contribution in [0.2, 0.25) is 19.6 Å². The Balaban J connectivity index is 1.24. The normalized spacial score (nSPS) is 19.8. The van der Waals surface area contributed by atoms with Gasteiger partial charge in [0, 0.05) is 24.2 Å². The van der Waals surface area contributed by atoms with Crippen molar-refractivity contribution in [2.45, 2.75) is 103 Å². The topological polar surface area (TPSA) is 125 Å². The van der Waals surface area contributed by atoms with Crippen molar-refractivity contribution in [1.82, 2.24) is 19.9 Å². The predicted octanol–water partition coefficient (Wildman–Crippen LogP) is 7.42. The number of hydrogen-bond acceptors (Lipinski definition) is 9. The van der Waals surface area contributed by atoms with Crippen LogP contribution in [0.1, 0.15) is 81.3 Å². The molecule has 1 amide bonds. The van der Waals surface area contributed by atoms with Gasteiger partial charge in [-0.3, -0.25) is 0 Å². The van der Waals surface area contributed by atoms with Crippen LogP contribution >= 0.6 is 0 Å². The number of pyridine rings is 1. The Morgan fingerprint density at radius 1 is 1.09 bits per heavy atom. The maximum atomic E-state index is 13.0. The molecular weight excluding hydrogens is 583 g/mol. The average molecular weight is 626 g/mol. The zero-order valence-corrected chi connectivity index (χ0v) is 28.4. The molecule has 3 aromatic rings. The van der Waals surface area contributed by atoms with Gasteiger partial charge in [0.1, 0.15) is 23.1 Å². The van der Waals surface area contributed by atoms with Gasteiger partial charge in [0.15, 0.2) is 14.1 Å². The molecule has 3 heterocycles. The maximum absolute atomic E-state index is 13.0. The van der Waals surface area contributed by atoms with E-state index in [0.29, 0.717) is 36.2 Å². The summed E-state index contributed by atoms with van der Waals surface area (Å²) in [5, 5.41) is 16.4. The fourth-order valence-corrected chi connectivity index (χ4v) is 8.16. The van der Waals surface area contributed by atoms with Crippen molar-refractivity contribution in [3.63, 3.8) is 0 Å². The van der Waals surface area contributed by atoms with Crippen LogP contribution in [0.25, 0.3) is 0 Å². The van der Waals surface area contributed by atoms with Gasteiger partial charge in [-0.25, -0.2) is 14.8 Å². The molecule has 1 aliphatic heterocycles. The van der Waals surface area contributed by atoms with E-state index in [9.17, 15) is 10.1 Å². The second-order valence-corrected chi connectivity index (χ2v) is 19.0. The van der Waals surface area contributed by atoms with Gasteiger partial charge in [0.05, 0.1) is 17.5 Å². The van der Waals surface area contributed by atoms with E-state index in [1.165, 1.54) is 17.3 Å². The minimum Gasteiger partial charge on any atom is -0.444 e. The van der Waals surface area contributed by atoms with Crippen molar-refractivity contribution in [2.75, 3.05) is 17.2 Å². The van der Waals surface area contributed by atoms with Gasteiger partial charge in [0.25, 0.3) is 0 Å². The summed E-state index contributed by atoms with van der Waals surface area (Å²) in [7, 11) is -1.83. The van der Waals surface area contributed by atoms with Crippen LogP contribution in [-0.4, -0.2) is 46.4 Å². The molecule has 3 aliphatic rings. The number of rotatable bonds is 7. The lowest BCUT2D eigenvalue weighted by Gasteiger charge is -2.36. The highest BCUT2D eigenvalue weighted by Gasteiger charge is 2.50. The van der Waals surface area contributed by atoms with Gasteiger partial charge in [0.2, 0.25) is 5.95 Å². The second-order valence-electron chi connectivity index (χ2n) is 14.6. The van der Waals surface area contributed by atoms with Crippen molar-refractivity contribution in [1.29, 1.82) is 5.26 Å². The first kappa shape index (κ1) is 31.0.